The predicted molar refractivity (Wildman–Crippen MR) is 53.4 cm³/mol. The molecule has 0 aliphatic carbocycles. The summed E-state index contributed by atoms with van der Waals surface area (Å²) in [4.78, 5) is 0. The number of nitrogens with one attached hydrogen (secondary N) is 1. The lowest BCUT2D eigenvalue weighted by Gasteiger charge is -2.20. The molecule has 0 aromatic heterocycles. The summed E-state index contributed by atoms with van der Waals surface area (Å²) in [5.41, 5.74) is -0.393. The SMILES string of the molecule is CCCOCCCC(C)(C#N)NC. The molecular formula is C10H20N2O. The molecule has 0 aromatic carbocycles. The lowest BCUT2D eigenvalue weighted by atomic mass is 9.98. The standard InChI is InChI=1S/C10H20N2O/c1-4-7-13-8-5-6-10(2,9-11)12-3/h12H,4-8H2,1-3H3. The van der Waals surface area contributed by atoms with Gasteiger partial charge in [-0.25, -0.2) is 0 Å². The van der Waals surface area contributed by atoms with Crippen molar-refractivity contribution in [2.24, 2.45) is 0 Å². The Morgan fingerprint density at radius 3 is 2.62 bits per heavy atom. The molecule has 0 rings (SSSR count). The average molecular weight is 184 g/mol. The summed E-state index contributed by atoms with van der Waals surface area (Å²) in [5.74, 6) is 0. The largest absolute Gasteiger partial charge is 0.381 e. The summed E-state index contributed by atoms with van der Waals surface area (Å²) in [6.07, 6.45) is 2.83. The smallest absolute Gasteiger partial charge is 0.103 e. The van der Waals surface area contributed by atoms with Gasteiger partial charge in [-0.05, 0) is 33.2 Å². The average Bonchev–Trinajstić information content (AvgIpc) is 2.17. The zero-order valence-corrected chi connectivity index (χ0v) is 8.89. The van der Waals surface area contributed by atoms with Gasteiger partial charge >= 0.3 is 0 Å². The summed E-state index contributed by atoms with van der Waals surface area (Å²) in [5, 5.41) is 11.8. The second-order valence-electron chi connectivity index (χ2n) is 3.41. The van der Waals surface area contributed by atoms with Gasteiger partial charge in [0.2, 0.25) is 0 Å². The molecule has 0 spiro atoms. The minimum absolute atomic E-state index is 0.393. The Kier molecular flexibility index (Phi) is 6.56. The fraction of sp³-hybridized carbons (Fsp3) is 0.900. The Bertz CT molecular complexity index is 165. The highest BCUT2D eigenvalue weighted by molar-refractivity contribution is 5.02. The van der Waals surface area contributed by atoms with Gasteiger partial charge in [0.15, 0.2) is 0 Å². The molecule has 0 amide bonds. The molecule has 0 aromatic rings. The monoisotopic (exact) mass is 184 g/mol. The van der Waals surface area contributed by atoms with Crippen molar-refractivity contribution in [2.75, 3.05) is 20.3 Å². The maximum atomic E-state index is 8.83. The van der Waals surface area contributed by atoms with Crippen LogP contribution in [0, 0.1) is 11.3 Å². The van der Waals surface area contributed by atoms with E-state index in [1.165, 1.54) is 0 Å². The Balaban J connectivity index is 3.46. The molecule has 3 nitrogen and oxygen atoms in total. The molecular weight excluding hydrogens is 164 g/mol. The van der Waals surface area contributed by atoms with Gasteiger partial charge in [-0.1, -0.05) is 6.92 Å². The van der Waals surface area contributed by atoms with Crippen molar-refractivity contribution in [1.82, 2.24) is 5.32 Å². The number of hydrogen-bond acceptors (Lipinski definition) is 3. The van der Waals surface area contributed by atoms with Gasteiger partial charge in [-0.2, -0.15) is 5.26 Å². The van der Waals surface area contributed by atoms with Crippen LogP contribution in [-0.4, -0.2) is 25.8 Å². The first kappa shape index (κ1) is 12.4. The van der Waals surface area contributed by atoms with E-state index in [9.17, 15) is 0 Å². The van der Waals surface area contributed by atoms with Gasteiger partial charge in [0.1, 0.15) is 5.54 Å². The minimum atomic E-state index is -0.393. The van der Waals surface area contributed by atoms with E-state index in [0.29, 0.717) is 0 Å². The molecule has 0 radical (unpaired) electrons. The summed E-state index contributed by atoms with van der Waals surface area (Å²) in [7, 11) is 1.82. The molecule has 76 valence electrons. The molecule has 1 N–H and O–H groups in total. The van der Waals surface area contributed by atoms with Gasteiger partial charge in [-0.3, -0.25) is 0 Å². The molecule has 13 heavy (non-hydrogen) atoms. The molecule has 0 aliphatic rings. The first-order chi connectivity index (χ1) is 6.18. The summed E-state index contributed by atoms with van der Waals surface area (Å²) >= 11 is 0. The van der Waals surface area contributed by atoms with Crippen LogP contribution in [0.4, 0.5) is 0 Å². The minimum Gasteiger partial charge on any atom is -0.381 e. The van der Waals surface area contributed by atoms with Gasteiger partial charge < -0.3 is 10.1 Å². The molecule has 0 bridgehead atoms. The van der Waals surface area contributed by atoms with Crippen molar-refractivity contribution in [3.63, 3.8) is 0 Å². The fourth-order valence-corrected chi connectivity index (χ4v) is 1.01. The van der Waals surface area contributed by atoms with Crippen molar-refractivity contribution in [1.29, 1.82) is 5.26 Å². The van der Waals surface area contributed by atoms with Gasteiger partial charge in [0.25, 0.3) is 0 Å². The number of ether oxygens (including phenoxy) is 1. The van der Waals surface area contributed by atoms with Crippen molar-refractivity contribution in [3.8, 4) is 6.07 Å². The highest BCUT2D eigenvalue weighted by Crippen LogP contribution is 2.09. The van der Waals surface area contributed by atoms with Crippen LogP contribution in [0.1, 0.15) is 33.1 Å². The lowest BCUT2D eigenvalue weighted by Crippen LogP contribution is -2.38. The van der Waals surface area contributed by atoms with Crippen LogP contribution >= 0.6 is 0 Å². The van der Waals surface area contributed by atoms with Gasteiger partial charge in [0, 0.05) is 13.2 Å². The Morgan fingerprint density at radius 1 is 1.46 bits per heavy atom. The Labute approximate surface area is 81.1 Å². The normalized spacial score (nSPS) is 14.9. The van der Waals surface area contributed by atoms with Crippen LogP contribution in [0.3, 0.4) is 0 Å². The molecule has 0 saturated heterocycles. The predicted octanol–water partition coefficient (Wildman–Crippen LogP) is 1.69. The van der Waals surface area contributed by atoms with E-state index >= 15 is 0 Å². The van der Waals surface area contributed by atoms with Crippen molar-refractivity contribution < 1.29 is 4.74 Å². The summed E-state index contributed by atoms with van der Waals surface area (Å²) in [6, 6.07) is 2.25. The molecule has 1 atom stereocenters. The van der Waals surface area contributed by atoms with Crippen molar-refractivity contribution in [2.45, 2.75) is 38.6 Å². The summed E-state index contributed by atoms with van der Waals surface area (Å²) in [6.45, 7) is 5.58. The zero-order valence-electron chi connectivity index (χ0n) is 8.89. The zero-order chi connectivity index (χ0) is 10.2. The van der Waals surface area contributed by atoms with Crippen molar-refractivity contribution >= 4 is 0 Å². The third-order valence-electron chi connectivity index (χ3n) is 2.11. The van der Waals surface area contributed by atoms with Crippen LogP contribution in [0.5, 0.6) is 0 Å². The topological polar surface area (TPSA) is 45.0 Å². The maximum Gasteiger partial charge on any atom is 0.103 e. The van der Waals surface area contributed by atoms with Crippen molar-refractivity contribution in [3.05, 3.63) is 0 Å². The molecule has 3 heteroatoms. The van der Waals surface area contributed by atoms with Crippen LogP contribution < -0.4 is 5.32 Å². The molecule has 1 unspecified atom stereocenters. The Hall–Kier alpha value is -0.590. The lowest BCUT2D eigenvalue weighted by molar-refractivity contribution is 0.127. The highest BCUT2D eigenvalue weighted by Gasteiger charge is 2.19. The van der Waals surface area contributed by atoms with E-state index < -0.39 is 5.54 Å². The van der Waals surface area contributed by atoms with E-state index in [0.717, 1.165) is 32.5 Å². The van der Waals surface area contributed by atoms with Crippen LogP contribution in [0.15, 0.2) is 0 Å². The third kappa shape index (κ3) is 5.62. The number of nitrogens with zero attached hydrogens (tertiary/aromatic N) is 1. The Morgan fingerprint density at radius 2 is 2.15 bits per heavy atom. The maximum absolute atomic E-state index is 8.83. The first-order valence-corrected chi connectivity index (χ1v) is 4.86. The molecule has 0 saturated carbocycles. The fourth-order valence-electron chi connectivity index (χ4n) is 1.01. The highest BCUT2D eigenvalue weighted by atomic mass is 16.5. The first-order valence-electron chi connectivity index (χ1n) is 4.86. The quantitative estimate of drug-likeness (QED) is 0.612. The second-order valence-corrected chi connectivity index (χ2v) is 3.41. The number of nitriles is 1. The van der Waals surface area contributed by atoms with E-state index in [1.54, 1.807) is 0 Å². The molecule has 0 fully saturated rings. The molecule has 0 heterocycles. The van der Waals surface area contributed by atoms with Crippen LogP contribution in [-0.2, 0) is 4.74 Å². The van der Waals surface area contributed by atoms with Gasteiger partial charge in [-0.15, -0.1) is 0 Å². The van der Waals surface area contributed by atoms with E-state index in [-0.39, 0.29) is 0 Å². The van der Waals surface area contributed by atoms with Crippen LogP contribution in [0.25, 0.3) is 0 Å². The second kappa shape index (κ2) is 6.88. The van der Waals surface area contributed by atoms with Crippen LogP contribution in [0.2, 0.25) is 0 Å². The van der Waals surface area contributed by atoms with Gasteiger partial charge in [0.05, 0.1) is 6.07 Å². The number of hydrogen-bond donors (Lipinski definition) is 1. The van der Waals surface area contributed by atoms with E-state index in [1.807, 2.05) is 14.0 Å². The summed E-state index contributed by atoms with van der Waals surface area (Å²) < 4.78 is 5.33. The van der Waals surface area contributed by atoms with E-state index in [4.69, 9.17) is 10.00 Å². The number of rotatable bonds is 7. The third-order valence-corrected chi connectivity index (χ3v) is 2.11. The van der Waals surface area contributed by atoms with E-state index in [2.05, 4.69) is 18.3 Å². The molecule has 0 aliphatic heterocycles.